The summed E-state index contributed by atoms with van der Waals surface area (Å²) in [4.78, 5) is 25.0. The van der Waals surface area contributed by atoms with E-state index in [2.05, 4.69) is 35.4 Å². The van der Waals surface area contributed by atoms with E-state index in [1.165, 1.54) is 30.9 Å². The Morgan fingerprint density at radius 2 is 2.00 bits per heavy atom. The molecule has 1 saturated heterocycles. The highest BCUT2D eigenvalue weighted by molar-refractivity contribution is 5.73. The van der Waals surface area contributed by atoms with Crippen LogP contribution in [0.2, 0.25) is 0 Å². The van der Waals surface area contributed by atoms with E-state index in [1.54, 1.807) is 7.11 Å². The van der Waals surface area contributed by atoms with Gasteiger partial charge in [0.05, 0.1) is 13.2 Å². The van der Waals surface area contributed by atoms with E-state index < -0.39 is 0 Å². The number of benzene rings is 1. The zero-order valence-electron chi connectivity index (χ0n) is 24.6. The van der Waals surface area contributed by atoms with Crippen LogP contribution in [0.25, 0.3) is 0 Å². The molecule has 8 heteroatoms. The maximum Gasteiger partial charge on any atom is 0.217 e. The molecule has 1 heterocycles. The second-order valence-corrected chi connectivity index (χ2v) is 10.7. The van der Waals surface area contributed by atoms with Gasteiger partial charge in [-0.15, -0.1) is 0 Å². The minimum absolute atomic E-state index is 0.0122. The summed E-state index contributed by atoms with van der Waals surface area (Å²) in [6.07, 6.45) is 15.2. The van der Waals surface area contributed by atoms with Crippen LogP contribution in [0.3, 0.4) is 0 Å². The van der Waals surface area contributed by atoms with Crippen LogP contribution in [0.4, 0.5) is 0 Å². The lowest BCUT2D eigenvalue weighted by Gasteiger charge is -2.30. The third kappa shape index (κ3) is 11.2. The van der Waals surface area contributed by atoms with Gasteiger partial charge >= 0.3 is 0 Å². The lowest BCUT2D eigenvalue weighted by Crippen LogP contribution is -2.41. The standard InChI is InChI=1S/C24H37N3O4.C8H13N/c1-17(26-19(3)30)21(15-28)7-8-22-9-12-24(27(22)16-29)18(2)25-14-13-20-5-10-23(31-4)11-6-20;9-7-6-8-4-2-1-3-5-8/h5-6,10-11,16-17,21-22,24-25,28H,2,7-9,12-15H2,1,3-4H3,(H,26,30);2,4-5H,1,3,6-7,9H2. The van der Waals surface area contributed by atoms with Gasteiger partial charge in [0.1, 0.15) is 5.75 Å². The Hall–Kier alpha value is -3.10. The Morgan fingerprint density at radius 1 is 1.25 bits per heavy atom. The molecule has 4 unspecified atom stereocenters. The molecule has 1 fully saturated rings. The molecular weight excluding hydrogens is 504 g/mol. The average Bonchev–Trinajstić information content (AvgIpc) is 3.37. The van der Waals surface area contributed by atoms with Crippen LogP contribution in [-0.4, -0.2) is 67.3 Å². The molecule has 1 aliphatic heterocycles. The van der Waals surface area contributed by atoms with E-state index >= 15 is 0 Å². The molecule has 1 aromatic rings. The van der Waals surface area contributed by atoms with Crippen molar-refractivity contribution in [1.29, 1.82) is 0 Å². The quantitative estimate of drug-likeness (QED) is 0.245. The molecule has 5 N–H and O–H groups in total. The minimum atomic E-state index is -0.0987. The highest BCUT2D eigenvalue weighted by Gasteiger charge is 2.34. The normalized spacial score (nSPS) is 19.5. The van der Waals surface area contributed by atoms with E-state index in [4.69, 9.17) is 10.5 Å². The number of rotatable bonds is 15. The Labute approximate surface area is 240 Å². The van der Waals surface area contributed by atoms with Crippen molar-refractivity contribution < 1.29 is 19.4 Å². The number of aliphatic hydroxyl groups is 1. The van der Waals surface area contributed by atoms with E-state index in [1.807, 2.05) is 36.1 Å². The Balaban J connectivity index is 0.000000526. The fourth-order valence-electron chi connectivity index (χ4n) is 5.35. The molecule has 4 atom stereocenters. The first kappa shape index (κ1) is 33.1. The Kier molecular flexibility index (Phi) is 15.1. The molecule has 2 aliphatic rings. The van der Waals surface area contributed by atoms with Crippen molar-refractivity contribution in [2.45, 2.75) is 83.3 Å². The topological polar surface area (TPSA) is 117 Å². The highest BCUT2D eigenvalue weighted by atomic mass is 16.5. The van der Waals surface area contributed by atoms with E-state index in [9.17, 15) is 14.7 Å². The number of methoxy groups -OCH3 is 1. The highest BCUT2D eigenvalue weighted by Crippen LogP contribution is 2.30. The molecule has 0 spiro atoms. The summed E-state index contributed by atoms with van der Waals surface area (Å²) >= 11 is 0. The number of hydrogen-bond donors (Lipinski definition) is 4. The summed E-state index contributed by atoms with van der Waals surface area (Å²) in [5.41, 5.74) is 8.87. The van der Waals surface area contributed by atoms with Crippen LogP contribution >= 0.6 is 0 Å². The molecule has 0 bridgehead atoms. The van der Waals surface area contributed by atoms with Crippen molar-refractivity contribution in [2.75, 3.05) is 26.8 Å². The molecule has 8 nitrogen and oxygen atoms in total. The Morgan fingerprint density at radius 3 is 2.58 bits per heavy atom. The molecular formula is C32H50N4O4. The molecule has 40 heavy (non-hydrogen) atoms. The second-order valence-electron chi connectivity index (χ2n) is 10.7. The summed E-state index contributed by atoms with van der Waals surface area (Å²) in [7, 11) is 1.65. The smallest absolute Gasteiger partial charge is 0.217 e. The molecule has 222 valence electrons. The van der Waals surface area contributed by atoms with Crippen LogP contribution in [0.1, 0.15) is 64.4 Å². The Bertz CT molecular complexity index is 976. The zero-order valence-corrected chi connectivity index (χ0v) is 24.6. The molecule has 0 radical (unpaired) electrons. The summed E-state index contributed by atoms with van der Waals surface area (Å²) < 4.78 is 5.18. The van der Waals surface area contributed by atoms with Gasteiger partial charge in [-0.05, 0) is 82.5 Å². The maximum absolute atomic E-state index is 11.8. The number of nitrogens with zero attached hydrogens (tertiary/aromatic N) is 1. The van der Waals surface area contributed by atoms with Gasteiger partial charge in [-0.2, -0.15) is 0 Å². The van der Waals surface area contributed by atoms with Gasteiger partial charge < -0.3 is 31.1 Å². The summed E-state index contributed by atoms with van der Waals surface area (Å²) in [6, 6.07) is 8.01. The van der Waals surface area contributed by atoms with Gasteiger partial charge in [0.2, 0.25) is 12.3 Å². The summed E-state index contributed by atoms with van der Waals surface area (Å²) in [5, 5.41) is 15.9. The van der Waals surface area contributed by atoms with Crippen molar-refractivity contribution in [3.8, 4) is 5.75 Å². The monoisotopic (exact) mass is 554 g/mol. The molecule has 3 rings (SSSR count). The molecule has 0 aromatic heterocycles. The average molecular weight is 555 g/mol. The first-order chi connectivity index (χ1) is 19.3. The largest absolute Gasteiger partial charge is 0.497 e. The van der Waals surface area contributed by atoms with Crippen LogP contribution in [-0.2, 0) is 16.0 Å². The van der Waals surface area contributed by atoms with Crippen LogP contribution in [0.5, 0.6) is 5.75 Å². The number of ether oxygens (including phenoxy) is 1. The number of amides is 2. The van der Waals surface area contributed by atoms with Gasteiger partial charge in [-0.25, -0.2) is 0 Å². The van der Waals surface area contributed by atoms with Gasteiger partial charge in [0.15, 0.2) is 0 Å². The number of allylic oxidation sites excluding steroid dienone is 3. The zero-order chi connectivity index (χ0) is 29.3. The third-order valence-electron chi connectivity index (χ3n) is 7.75. The number of nitrogens with one attached hydrogen (secondary N) is 2. The summed E-state index contributed by atoms with van der Waals surface area (Å²) in [6.45, 7) is 9.11. The predicted octanol–water partition coefficient (Wildman–Crippen LogP) is 3.86. The minimum Gasteiger partial charge on any atom is -0.497 e. The molecule has 1 aliphatic carbocycles. The second kappa shape index (κ2) is 18.3. The van der Waals surface area contributed by atoms with Crippen molar-refractivity contribution in [3.05, 3.63) is 65.9 Å². The number of nitrogens with two attached hydrogens (primary N) is 1. The van der Waals surface area contributed by atoms with Crippen molar-refractivity contribution in [1.82, 2.24) is 15.5 Å². The number of likely N-dealkylation sites (tertiary alicyclic amines) is 1. The van der Waals surface area contributed by atoms with Crippen LogP contribution in [0, 0.1) is 5.92 Å². The first-order valence-corrected chi connectivity index (χ1v) is 14.5. The van der Waals surface area contributed by atoms with Gasteiger partial charge in [-0.1, -0.05) is 42.5 Å². The number of hydrogen-bond acceptors (Lipinski definition) is 6. The third-order valence-corrected chi connectivity index (χ3v) is 7.75. The maximum atomic E-state index is 11.8. The fourth-order valence-corrected chi connectivity index (χ4v) is 5.35. The van der Waals surface area contributed by atoms with Crippen LogP contribution < -0.4 is 21.1 Å². The number of carbonyl (C=O) groups is 2. The molecule has 1 aromatic carbocycles. The lowest BCUT2D eigenvalue weighted by molar-refractivity contribution is -0.120. The first-order valence-electron chi connectivity index (χ1n) is 14.5. The van der Waals surface area contributed by atoms with E-state index in [-0.39, 0.29) is 36.6 Å². The van der Waals surface area contributed by atoms with Crippen molar-refractivity contribution in [2.24, 2.45) is 11.7 Å². The van der Waals surface area contributed by atoms with Crippen molar-refractivity contribution >= 4 is 12.3 Å². The number of carbonyl (C=O) groups excluding carboxylic acids is 2. The van der Waals surface area contributed by atoms with E-state index in [0.29, 0.717) is 0 Å². The lowest BCUT2D eigenvalue weighted by atomic mass is 9.93. The number of aliphatic hydroxyl groups excluding tert-OH is 1. The van der Waals surface area contributed by atoms with Gasteiger partial charge in [0.25, 0.3) is 0 Å². The van der Waals surface area contributed by atoms with Crippen LogP contribution in [0.15, 0.2) is 60.3 Å². The van der Waals surface area contributed by atoms with Gasteiger partial charge in [-0.3, -0.25) is 9.59 Å². The fraction of sp³-hybridized carbons (Fsp3) is 0.562. The molecule has 0 saturated carbocycles. The SMILES string of the molecule is C=C(NCCc1ccc(OC)cc1)C1CCC(CCC(CO)C(C)NC(C)=O)N1C=O.NCCC1=CCCC=C1. The van der Waals surface area contributed by atoms with Crippen molar-refractivity contribution in [3.63, 3.8) is 0 Å². The predicted molar refractivity (Wildman–Crippen MR) is 162 cm³/mol. The summed E-state index contributed by atoms with van der Waals surface area (Å²) in [5.74, 6) is 0.718. The molecule has 2 amide bonds. The van der Waals surface area contributed by atoms with Gasteiger partial charge in [0, 0.05) is 43.8 Å². The van der Waals surface area contributed by atoms with E-state index in [0.717, 1.165) is 69.5 Å².